The van der Waals surface area contributed by atoms with Gasteiger partial charge in [-0.15, -0.1) is 0 Å². The van der Waals surface area contributed by atoms with Crippen LogP contribution in [0.4, 0.5) is 0 Å². The van der Waals surface area contributed by atoms with Gasteiger partial charge >= 0.3 is 5.97 Å². The predicted octanol–water partition coefficient (Wildman–Crippen LogP) is -1.66. The van der Waals surface area contributed by atoms with E-state index in [0.29, 0.717) is 19.4 Å². The number of H-pyrrole nitrogens is 1. The van der Waals surface area contributed by atoms with Crippen LogP contribution in [0.3, 0.4) is 0 Å². The zero-order chi connectivity index (χ0) is 32.8. The van der Waals surface area contributed by atoms with Gasteiger partial charge in [-0.3, -0.25) is 24.4 Å². The molecule has 44 heavy (non-hydrogen) atoms. The number of amides is 3. The number of carboxylic acids is 1. The summed E-state index contributed by atoms with van der Waals surface area (Å²) in [6.07, 6.45) is 2.92. The van der Waals surface area contributed by atoms with E-state index in [1.165, 1.54) is 0 Å². The number of para-hydroxylation sites is 1. The normalized spacial score (nSPS) is 13.7. The number of nitrogens with one attached hydrogen (secondary N) is 4. The average Bonchev–Trinajstić information content (AvgIpc) is 3.36. The van der Waals surface area contributed by atoms with Crippen LogP contribution in [-0.2, 0) is 25.6 Å². The zero-order valence-corrected chi connectivity index (χ0v) is 25.1. The Labute approximate surface area is 255 Å². The summed E-state index contributed by atoms with van der Waals surface area (Å²) in [4.78, 5) is 62.6. The number of carbonyl (C=O) groups is 4. The number of hydrogen-bond donors (Lipinski definition) is 10. The number of aromatic amines is 1. The number of guanidine groups is 2. The summed E-state index contributed by atoms with van der Waals surface area (Å²) in [5.41, 5.74) is 29.0. The minimum atomic E-state index is -1.24. The number of nitrogens with zero attached hydrogens (tertiary/aromatic N) is 2. The molecule has 16 nitrogen and oxygen atoms in total. The number of carboxylic acid groups (broad SMARTS) is 1. The second-order valence-electron chi connectivity index (χ2n) is 10.8. The summed E-state index contributed by atoms with van der Waals surface area (Å²) in [6, 6.07) is 3.12. The topological polar surface area (TPSA) is 295 Å². The lowest BCUT2D eigenvalue weighted by atomic mass is 9.99. The molecule has 0 saturated heterocycles. The Kier molecular flexibility index (Phi) is 13.9. The number of aliphatic imine (C=N–C) groups is 2. The molecule has 0 spiro atoms. The van der Waals surface area contributed by atoms with Gasteiger partial charge < -0.3 is 54.7 Å². The second kappa shape index (κ2) is 17.3. The summed E-state index contributed by atoms with van der Waals surface area (Å²) in [5.74, 6) is -3.73. The number of aliphatic carboxylic acids is 1. The molecule has 0 aliphatic rings. The van der Waals surface area contributed by atoms with E-state index in [1.54, 1.807) is 20.0 Å². The van der Waals surface area contributed by atoms with Crippen molar-refractivity contribution in [2.24, 2.45) is 44.6 Å². The monoisotopic (exact) mass is 615 g/mol. The third-order valence-corrected chi connectivity index (χ3v) is 6.84. The van der Waals surface area contributed by atoms with Gasteiger partial charge in [0, 0.05) is 36.6 Å². The molecule has 0 fully saturated rings. The molecule has 1 aromatic carbocycles. The highest BCUT2D eigenvalue weighted by Crippen LogP contribution is 2.19. The summed E-state index contributed by atoms with van der Waals surface area (Å²) >= 11 is 0. The van der Waals surface area contributed by atoms with Crippen LogP contribution in [0.25, 0.3) is 10.9 Å². The summed E-state index contributed by atoms with van der Waals surface area (Å²) in [5, 5.41) is 18.4. The number of aromatic nitrogens is 1. The van der Waals surface area contributed by atoms with Gasteiger partial charge in [0.15, 0.2) is 11.9 Å². The van der Waals surface area contributed by atoms with E-state index in [0.717, 1.165) is 16.5 Å². The number of carbonyl (C=O) groups excluding carboxylic acids is 3. The van der Waals surface area contributed by atoms with Gasteiger partial charge in [0.1, 0.15) is 18.1 Å². The molecule has 1 heterocycles. The van der Waals surface area contributed by atoms with Crippen LogP contribution < -0.4 is 44.6 Å². The first kappa shape index (κ1) is 35.3. The van der Waals surface area contributed by atoms with Crippen molar-refractivity contribution in [2.75, 3.05) is 13.1 Å². The fourth-order valence-electron chi connectivity index (χ4n) is 4.47. The number of nitrogens with two attached hydrogens (primary N) is 5. The molecule has 0 radical (unpaired) electrons. The molecule has 15 N–H and O–H groups in total. The second-order valence-corrected chi connectivity index (χ2v) is 10.8. The van der Waals surface area contributed by atoms with Crippen molar-refractivity contribution < 1.29 is 24.3 Å². The maximum atomic E-state index is 13.7. The van der Waals surface area contributed by atoms with Crippen molar-refractivity contribution in [2.45, 2.75) is 70.1 Å². The average molecular weight is 616 g/mol. The van der Waals surface area contributed by atoms with Crippen molar-refractivity contribution in [1.29, 1.82) is 0 Å². The zero-order valence-electron chi connectivity index (χ0n) is 25.1. The highest BCUT2D eigenvalue weighted by Gasteiger charge is 2.32. The molecule has 16 heteroatoms. The molecule has 0 aliphatic heterocycles. The van der Waals surface area contributed by atoms with E-state index in [9.17, 15) is 24.3 Å². The van der Waals surface area contributed by atoms with E-state index >= 15 is 0 Å². The van der Waals surface area contributed by atoms with Crippen LogP contribution in [-0.4, -0.2) is 83.0 Å². The van der Waals surface area contributed by atoms with Crippen LogP contribution >= 0.6 is 0 Å². The smallest absolute Gasteiger partial charge is 0.326 e. The van der Waals surface area contributed by atoms with E-state index in [1.807, 2.05) is 24.3 Å². The summed E-state index contributed by atoms with van der Waals surface area (Å²) in [7, 11) is 0. The van der Waals surface area contributed by atoms with E-state index in [2.05, 4.69) is 30.9 Å². The molecule has 1 aromatic heterocycles. The van der Waals surface area contributed by atoms with Crippen molar-refractivity contribution in [3.63, 3.8) is 0 Å². The summed E-state index contributed by atoms with van der Waals surface area (Å²) < 4.78 is 0. The minimum Gasteiger partial charge on any atom is -0.480 e. The van der Waals surface area contributed by atoms with Crippen LogP contribution in [0, 0.1) is 5.92 Å². The molecular formula is C28H45N11O5. The van der Waals surface area contributed by atoms with E-state index < -0.39 is 53.8 Å². The van der Waals surface area contributed by atoms with Crippen LogP contribution in [0.1, 0.15) is 45.1 Å². The van der Waals surface area contributed by atoms with Gasteiger partial charge in [-0.1, -0.05) is 32.0 Å². The van der Waals surface area contributed by atoms with Crippen molar-refractivity contribution in [1.82, 2.24) is 20.9 Å². The quantitative estimate of drug-likeness (QED) is 0.0517. The van der Waals surface area contributed by atoms with Gasteiger partial charge in [-0.25, -0.2) is 4.79 Å². The largest absolute Gasteiger partial charge is 0.480 e. The standard InChI is InChI=1S/C28H45N11O5/c1-15(2)22(25(42)37-20(26(43)44)10-6-12-35-28(32)33)39-24(41)21(13-16-14-36-19-9-4-3-7-17(16)19)38-23(40)18(29)8-5-11-34-27(30)31/h3-4,7,9,14-15,18,20-22,36H,5-6,8,10-13,29H2,1-2H3,(H,37,42)(H,38,40)(H,39,41)(H,43,44)(H4,30,31,34)(H4,32,33,35)/t18-,20-,21-,22-/m0/s1. The fraction of sp³-hybridized carbons (Fsp3) is 0.500. The third kappa shape index (κ3) is 11.4. The Morgan fingerprint density at radius 2 is 1.43 bits per heavy atom. The highest BCUT2D eigenvalue weighted by atomic mass is 16.4. The number of rotatable bonds is 18. The Hall–Kier alpha value is -4.86. The molecule has 2 aromatic rings. The van der Waals surface area contributed by atoms with Crippen molar-refractivity contribution in [3.8, 4) is 0 Å². The molecule has 3 amide bonds. The fourth-order valence-corrected chi connectivity index (χ4v) is 4.47. The molecule has 2 rings (SSSR count). The van der Waals surface area contributed by atoms with Gasteiger partial charge in [-0.05, 0) is 43.2 Å². The lowest BCUT2D eigenvalue weighted by molar-refractivity contribution is -0.142. The Bertz CT molecular complexity index is 1330. The third-order valence-electron chi connectivity index (χ3n) is 6.84. The minimum absolute atomic E-state index is 0.0664. The molecule has 0 unspecified atom stereocenters. The summed E-state index contributed by atoms with van der Waals surface area (Å²) in [6.45, 7) is 3.90. The lowest BCUT2D eigenvalue weighted by Crippen LogP contribution is -2.58. The number of fused-ring (bicyclic) bond motifs is 1. The molecule has 0 bridgehead atoms. The van der Waals surface area contributed by atoms with Crippen LogP contribution in [0.2, 0.25) is 0 Å². The van der Waals surface area contributed by atoms with E-state index in [-0.39, 0.29) is 37.7 Å². The Morgan fingerprint density at radius 1 is 0.841 bits per heavy atom. The van der Waals surface area contributed by atoms with Crippen molar-refractivity contribution in [3.05, 3.63) is 36.0 Å². The highest BCUT2D eigenvalue weighted by molar-refractivity contribution is 5.95. The van der Waals surface area contributed by atoms with Gasteiger partial charge in [0.2, 0.25) is 17.7 Å². The van der Waals surface area contributed by atoms with Gasteiger partial charge in [0.25, 0.3) is 0 Å². The number of benzene rings is 1. The Morgan fingerprint density at radius 3 is 2.02 bits per heavy atom. The molecule has 242 valence electrons. The molecule has 0 aliphatic carbocycles. The van der Waals surface area contributed by atoms with Crippen LogP contribution in [0.5, 0.6) is 0 Å². The molecule has 4 atom stereocenters. The first-order chi connectivity index (χ1) is 20.8. The maximum Gasteiger partial charge on any atom is 0.326 e. The predicted molar refractivity (Wildman–Crippen MR) is 168 cm³/mol. The Balaban J connectivity index is 2.21. The van der Waals surface area contributed by atoms with E-state index in [4.69, 9.17) is 28.7 Å². The number of hydrogen-bond acceptors (Lipinski definition) is 7. The SMILES string of the molecule is CC(C)[C@H](NC(=O)[C@H](Cc1c[nH]c2ccccc12)NC(=O)[C@@H](N)CCCN=C(N)N)C(=O)N[C@@H](CCCN=C(N)N)C(=O)O. The van der Waals surface area contributed by atoms with Crippen LogP contribution in [0.15, 0.2) is 40.4 Å². The first-order valence-corrected chi connectivity index (χ1v) is 14.3. The molecular weight excluding hydrogens is 570 g/mol. The molecule has 0 saturated carbocycles. The first-order valence-electron chi connectivity index (χ1n) is 14.3. The van der Waals surface area contributed by atoms with Gasteiger partial charge in [0.05, 0.1) is 6.04 Å². The maximum absolute atomic E-state index is 13.7. The lowest BCUT2D eigenvalue weighted by Gasteiger charge is -2.27. The van der Waals surface area contributed by atoms with Gasteiger partial charge in [-0.2, -0.15) is 0 Å². The van der Waals surface area contributed by atoms with Crippen molar-refractivity contribution >= 4 is 46.5 Å².